The van der Waals surface area contributed by atoms with Gasteiger partial charge in [0.25, 0.3) is 0 Å². The van der Waals surface area contributed by atoms with Crippen molar-refractivity contribution < 1.29 is 18.0 Å². The van der Waals surface area contributed by atoms with E-state index in [4.69, 9.17) is 0 Å². The zero-order valence-corrected chi connectivity index (χ0v) is 12.9. The first kappa shape index (κ1) is 15.3. The fourth-order valence-electron chi connectivity index (χ4n) is 1.16. The maximum Gasteiger partial charge on any atom is 0.446 e. The van der Waals surface area contributed by atoms with E-state index in [1.807, 2.05) is 22.6 Å². The number of ketones is 1. The summed E-state index contributed by atoms with van der Waals surface area (Å²) in [6, 6.07) is 4.45. The van der Waals surface area contributed by atoms with E-state index in [1.165, 1.54) is 12.1 Å². The third kappa shape index (κ3) is 5.17. The average molecular weight is 439 g/mol. The minimum absolute atomic E-state index is 0.0321. The summed E-state index contributed by atoms with van der Waals surface area (Å²) in [5.74, 6) is -0.287. The summed E-state index contributed by atoms with van der Waals surface area (Å²) < 4.78 is 37.7. The van der Waals surface area contributed by atoms with Gasteiger partial charge in [-0.3, -0.25) is 4.79 Å². The van der Waals surface area contributed by atoms with Crippen LogP contribution < -0.4 is 0 Å². The van der Waals surface area contributed by atoms with Crippen LogP contribution in [0.25, 0.3) is 0 Å². The van der Waals surface area contributed by atoms with E-state index in [1.54, 1.807) is 6.07 Å². The number of thioether (sulfide) groups is 1. The molecule has 0 atom stereocenters. The number of Topliss-reactive ketones (excluding diaryl/α,β-unsaturated/α-hetero) is 1. The van der Waals surface area contributed by atoms with Crippen LogP contribution in [-0.2, 0) is 0 Å². The van der Waals surface area contributed by atoms with Crippen molar-refractivity contribution in [3.8, 4) is 0 Å². The Hall–Kier alpha value is 0.240. The second kappa shape index (κ2) is 6.42. The minimum atomic E-state index is -4.38. The topological polar surface area (TPSA) is 17.1 Å². The molecule has 1 nitrogen and oxygen atoms in total. The Balaban J connectivity index is 3.08. The molecule has 0 unspecified atom stereocenters. The first-order valence-corrected chi connectivity index (χ1v) is 7.49. The van der Waals surface area contributed by atoms with Gasteiger partial charge in [0.2, 0.25) is 0 Å². The van der Waals surface area contributed by atoms with Crippen LogP contribution in [0.1, 0.15) is 16.8 Å². The lowest BCUT2D eigenvalue weighted by atomic mass is 10.1. The molecule has 1 aromatic rings. The molecule has 0 fully saturated rings. The molecule has 1 rings (SSSR count). The number of carbonyl (C=O) groups is 1. The van der Waals surface area contributed by atoms with Gasteiger partial charge in [-0.15, -0.1) is 0 Å². The Kier molecular flexibility index (Phi) is 5.78. The van der Waals surface area contributed by atoms with E-state index >= 15 is 0 Å². The Morgan fingerprint density at radius 2 is 2.06 bits per heavy atom. The quantitative estimate of drug-likeness (QED) is 0.288. The number of carbonyl (C=O) groups excluding carboxylic acids is 1. The number of benzene rings is 1. The summed E-state index contributed by atoms with van der Waals surface area (Å²) in [6.45, 7) is 0. The molecule has 0 aliphatic heterocycles. The first-order chi connectivity index (χ1) is 7.83. The molecule has 0 spiro atoms. The molecule has 0 aliphatic rings. The molecule has 0 aliphatic carbocycles. The molecule has 0 bridgehead atoms. The van der Waals surface area contributed by atoms with Gasteiger partial charge in [0.05, 0.1) is 0 Å². The van der Waals surface area contributed by atoms with E-state index < -0.39 is 5.51 Å². The molecule has 1 aromatic carbocycles. The highest BCUT2D eigenvalue weighted by molar-refractivity contribution is 14.1. The van der Waals surface area contributed by atoms with Crippen molar-refractivity contribution >= 4 is 56.1 Å². The number of halogens is 5. The zero-order valence-electron chi connectivity index (χ0n) is 8.35. The second-order valence-corrected chi connectivity index (χ2v) is 6.20. The fraction of sp³-hybridized carbons (Fsp3) is 0.300. The summed E-state index contributed by atoms with van der Waals surface area (Å²) in [6.07, 6.45) is 0.187. The maximum atomic E-state index is 12.3. The van der Waals surface area contributed by atoms with Crippen molar-refractivity contribution in [1.82, 2.24) is 0 Å². The summed E-state index contributed by atoms with van der Waals surface area (Å²) in [4.78, 5) is 11.6. The standard InChI is InChI=1S/C10H7BrF3IOS/c11-4-3-8(16)7-2-1-6(15)5-9(7)17-10(12,13)14/h1-2,5H,3-4H2. The normalized spacial score (nSPS) is 11.6. The first-order valence-electron chi connectivity index (χ1n) is 4.48. The van der Waals surface area contributed by atoms with Crippen molar-refractivity contribution in [2.45, 2.75) is 16.8 Å². The zero-order chi connectivity index (χ0) is 13.1. The van der Waals surface area contributed by atoms with E-state index in [9.17, 15) is 18.0 Å². The number of rotatable bonds is 4. The lowest BCUT2D eigenvalue weighted by Gasteiger charge is -2.10. The van der Waals surface area contributed by atoms with Gasteiger partial charge in [0.15, 0.2) is 5.78 Å². The van der Waals surface area contributed by atoms with Crippen LogP contribution in [0.2, 0.25) is 0 Å². The molecule has 0 N–H and O–H groups in total. The van der Waals surface area contributed by atoms with E-state index in [-0.39, 0.29) is 34.4 Å². The molecule has 0 saturated carbocycles. The molecular formula is C10H7BrF3IOS. The van der Waals surface area contributed by atoms with Crippen molar-refractivity contribution in [1.29, 1.82) is 0 Å². The van der Waals surface area contributed by atoms with Gasteiger partial charge in [0, 0.05) is 25.8 Å². The van der Waals surface area contributed by atoms with Gasteiger partial charge < -0.3 is 0 Å². The van der Waals surface area contributed by atoms with Gasteiger partial charge in [-0.05, 0) is 52.6 Å². The highest BCUT2D eigenvalue weighted by Gasteiger charge is 2.31. The van der Waals surface area contributed by atoms with Crippen LogP contribution in [0.3, 0.4) is 0 Å². The third-order valence-corrected chi connectivity index (χ3v) is 3.65. The predicted octanol–water partition coefficient (Wildman–Crippen LogP) is 4.87. The van der Waals surface area contributed by atoms with Gasteiger partial charge in [-0.2, -0.15) is 13.2 Å². The van der Waals surface area contributed by atoms with E-state index in [0.29, 0.717) is 8.90 Å². The molecule has 17 heavy (non-hydrogen) atoms. The Morgan fingerprint density at radius 1 is 1.41 bits per heavy atom. The van der Waals surface area contributed by atoms with Gasteiger partial charge in [0.1, 0.15) is 0 Å². The van der Waals surface area contributed by atoms with Gasteiger partial charge in [-0.1, -0.05) is 15.9 Å². The van der Waals surface area contributed by atoms with Crippen LogP contribution in [0, 0.1) is 3.57 Å². The molecule has 0 aromatic heterocycles. The van der Waals surface area contributed by atoms with Gasteiger partial charge in [-0.25, -0.2) is 0 Å². The van der Waals surface area contributed by atoms with Crippen molar-refractivity contribution in [3.63, 3.8) is 0 Å². The van der Waals surface area contributed by atoms with Crippen molar-refractivity contribution in [3.05, 3.63) is 27.3 Å². The summed E-state index contributed by atoms with van der Waals surface area (Å²) in [7, 11) is 0. The highest BCUT2D eigenvalue weighted by atomic mass is 127. The van der Waals surface area contributed by atoms with Crippen LogP contribution >= 0.6 is 50.3 Å². The van der Waals surface area contributed by atoms with E-state index in [0.717, 1.165) is 0 Å². The van der Waals surface area contributed by atoms with Crippen LogP contribution in [0.4, 0.5) is 13.2 Å². The van der Waals surface area contributed by atoms with Crippen molar-refractivity contribution in [2.24, 2.45) is 0 Å². The average Bonchev–Trinajstić information content (AvgIpc) is 2.15. The fourth-order valence-corrected chi connectivity index (χ4v) is 2.95. The van der Waals surface area contributed by atoms with Crippen LogP contribution in [0.5, 0.6) is 0 Å². The Labute approximate surface area is 123 Å². The Morgan fingerprint density at radius 3 is 2.59 bits per heavy atom. The van der Waals surface area contributed by atoms with Gasteiger partial charge >= 0.3 is 5.51 Å². The smallest absolute Gasteiger partial charge is 0.294 e. The number of alkyl halides is 4. The SMILES string of the molecule is O=C(CCBr)c1ccc(I)cc1SC(F)(F)F. The maximum absolute atomic E-state index is 12.3. The lowest BCUT2D eigenvalue weighted by Crippen LogP contribution is -2.06. The molecule has 0 heterocycles. The predicted molar refractivity (Wildman–Crippen MR) is 73.8 cm³/mol. The largest absolute Gasteiger partial charge is 0.446 e. The lowest BCUT2D eigenvalue weighted by molar-refractivity contribution is -0.0328. The monoisotopic (exact) mass is 438 g/mol. The number of hydrogen-bond donors (Lipinski definition) is 0. The molecule has 7 heteroatoms. The van der Waals surface area contributed by atoms with Crippen LogP contribution in [-0.4, -0.2) is 16.6 Å². The number of hydrogen-bond acceptors (Lipinski definition) is 2. The summed E-state index contributed by atoms with van der Waals surface area (Å²) in [5, 5.41) is 0.438. The molecule has 0 saturated heterocycles. The summed E-state index contributed by atoms with van der Waals surface area (Å²) >= 11 is 4.77. The van der Waals surface area contributed by atoms with Crippen molar-refractivity contribution in [2.75, 3.05) is 5.33 Å². The summed E-state index contributed by atoms with van der Waals surface area (Å²) in [5.41, 5.74) is -4.25. The second-order valence-electron chi connectivity index (χ2n) is 3.05. The third-order valence-electron chi connectivity index (χ3n) is 1.79. The highest BCUT2D eigenvalue weighted by Crippen LogP contribution is 2.39. The molecule has 94 valence electrons. The van der Waals surface area contributed by atoms with Crippen LogP contribution in [0.15, 0.2) is 23.1 Å². The molecular weight excluding hydrogens is 432 g/mol. The minimum Gasteiger partial charge on any atom is -0.294 e. The molecule has 0 radical (unpaired) electrons. The molecule has 0 amide bonds. The Bertz CT molecular complexity index is 423. The van der Waals surface area contributed by atoms with E-state index in [2.05, 4.69) is 15.9 Å².